The van der Waals surface area contributed by atoms with Crippen LogP contribution in [0.4, 0.5) is 10.8 Å². The Labute approximate surface area is 181 Å². The average Bonchev–Trinajstić information content (AvgIpc) is 3.41. The van der Waals surface area contributed by atoms with Crippen LogP contribution in [0.2, 0.25) is 5.02 Å². The second-order valence-corrected chi connectivity index (χ2v) is 8.71. The fourth-order valence-electron chi connectivity index (χ4n) is 3.14. The van der Waals surface area contributed by atoms with Gasteiger partial charge in [0.25, 0.3) is 5.91 Å². The molecule has 1 fully saturated rings. The lowest BCUT2D eigenvalue weighted by atomic mass is 10.2. The topological polar surface area (TPSA) is 65.5 Å². The molecule has 0 atom stereocenters. The Morgan fingerprint density at radius 1 is 1.07 bits per heavy atom. The molecule has 1 aromatic carbocycles. The van der Waals surface area contributed by atoms with E-state index in [4.69, 9.17) is 11.6 Å². The number of benzene rings is 1. The molecule has 0 radical (unpaired) electrons. The van der Waals surface area contributed by atoms with Gasteiger partial charge in [-0.15, -0.1) is 11.3 Å². The van der Waals surface area contributed by atoms with E-state index in [9.17, 15) is 9.59 Å². The van der Waals surface area contributed by atoms with Crippen molar-refractivity contribution in [1.29, 1.82) is 0 Å². The third-order valence-corrected chi connectivity index (χ3v) is 6.45. The summed E-state index contributed by atoms with van der Waals surface area (Å²) in [6, 6.07) is 9.53. The first-order valence-corrected chi connectivity index (χ1v) is 11.3. The van der Waals surface area contributed by atoms with E-state index < -0.39 is 0 Å². The largest absolute Gasteiger partial charge is 0.368 e. The van der Waals surface area contributed by atoms with Crippen molar-refractivity contribution in [3.05, 3.63) is 62.8 Å². The molecule has 1 saturated heterocycles. The summed E-state index contributed by atoms with van der Waals surface area (Å²) in [5.41, 5.74) is 2.41. The summed E-state index contributed by atoms with van der Waals surface area (Å²) < 4.78 is 0. The molecule has 0 spiro atoms. The maximum absolute atomic E-state index is 12.6. The molecule has 0 unspecified atom stereocenters. The number of aromatic nitrogens is 1. The van der Waals surface area contributed by atoms with E-state index in [2.05, 4.69) is 15.2 Å². The van der Waals surface area contributed by atoms with Gasteiger partial charge in [-0.2, -0.15) is 11.3 Å². The van der Waals surface area contributed by atoms with E-state index in [1.54, 1.807) is 11.4 Å². The number of thiophene rings is 1. The minimum atomic E-state index is -0.184. The lowest BCUT2D eigenvalue weighted by molar-refractivity contribution is -0.130. The van der Waals surface area contributed by atoms with Gasteiger partial charge in [0.2, 0.25) is 5.91 Å². The first-order valence-electron chi connectivity index (χ1n) is 9.15. The lowest BCUT2D eigenvalue weighted by Gasteiger charge is -2.36. The molecule has 3 aromatic rings. The van der Waals surface area contributed by atoms with Gasteiger partial charge >= 0.3 is 0 Å². The summed E-state index contributed by atoms with van der Waals surface area (Å²) in [5.74, 6) is -0.126. The normalized spacial score (nSPS) is 14.1. The number of hydrogen-bond donors (Lipinski definition) is 1. The van der Waals surface area contributed by atoms with Gasteiger partial charge in [-0.1, -0.05) is 11.6 Å². The number of anilines is 2. The van der Waals surface area contributed by atoms with Crippen molar-refractivity contribution in [3.63, 3.8) is 0 Å². The lowest BCUT2D eigenvalue weighted by Crippen LogP contribution is -2.49. The number of hydrogen-bond acceptors (Lipinski definition) is 6. The van der Waals surface area contributed by atoms with Gasteiger partial charge in [0.15, 0.2) is 5.13 Å². The highest BCUT2D eigenvalue weighted by Gasteiger charge is 2.22. The number of halogens is 1. The predicted octanol–water partition coefficient (Wildman–Crippen LogP) is 4.00. The monoisotopic (exact) mass is 446 g/mol. The third kappa shape index (κ3) is 4.95. The van der Waals surface area contributed by atoms with E-state index in [0.717, 1.165) is 23.8 Å². The van der Waals surface area contributed by atoms with Crippen LogP contribution in [0.15, 0.2) is 46.5 Å². The van der Waals surface area contributed by atoms with Crippen molar-refractivity contribution in [3.8, 4) is 0 Å². The molecular weight excluding hydrogens is 428 g/mol. The molecule has 150 valence electrons. The van der Waals surface area contributed by atoms with Gasteiger partial charge in [-0.05, 0) is 35.7 Å². The highest BCUT2D eigenvalue weighted by Crippen LogP contribution is 2.21. The minimum Gasteiger partial charge on any atom is -0.368 e. The van der Waals surface area contributed by atoms with Crippen molar-refractivity contribution >= 4 is 56.9 Å². The van der Waals surface area contributed by atoms with Gasteiger partial charge < -0.3 is 9.80 Å². The van der Waals surface area contributed by atoms with Crippen molar-refractivity contribution in [1.82, 2.24) is 9.88 Å². The van der Waals surface area contributed by atoms with E-state index >= 15 is 0 Å². The van der Waals surface area contributed by atoms with Crippen molar-refractivity contribution in [2.75, 3.05) is 36.4 Å². The zero-order chi connectivity index (χ0) is 20.2. The zero-order valence-electron chi connectivity index (χ0n) is 15.5. The molecule has 0 saturated carbocycles. The molecule has 29 heavy (non-hydrogen) atoms. The van der Waals surface area contributed by atoms with Crippen molar-refractivity contribution < 1.29 is 9.59 Å². The smallest absolute Gasteiger partial charge is 0.258 e. The highest BCUT2D eigenvalue weighted by molar-refractivity contribution is 7.14. The average molecular weight is 447 g/mol. The highest BCUT2D eigenvalue weighted by atomic mass is 35.5. The molecular formula is C20H19ClN4O2S2. The number of carbonyl (C=O) groups excluding carboxylic acids is 2. The number of nitrogens with one attached hydrogen (secondary N) is 1. The zero-order valence-corrected chi connectivity index (χ0v) is 17.9. The van der Waals surface area contributed by atoms with Crippen LogP contribution in [-0.2, 0) is 11.2 Å². The molecule has 1 N–H and O–H groups in total. The van der Waals surface area contributed by atoms with Crippen LogP contribution in [0, 0.1) is 0 Å². The van der Waals surface area contributed by atoms with Gasteiger partial charge in [0.1, 0.15) is 0 Å². The van der Waals surface area contributed by atoms with E-state index in [1.165, 1.54) is 22.7 Å². The molecule has 6 nitrogen and oxygen atoms in total. The Morgan fingerprint density at radius 2 is 1.83 bits per heavy atom. The fourth-order valence-corrected chi connectivity index (χ4v) is 4.61. The molecule has 9 heteroatoms. The molecule has 0 bridgehead atoms. The Hall–Kier alpha value is -2.42. The van der Waals surface area contributed by atoms with Crippen molar-refractivity contribution in [2.24, 2.45) is 0 Å². The summed E-state index contributed by atoms with van der Waals surface area (Å²) in [6.45, 7) is 2.92. The number of piperazine rings is 1. The number of nitrogens with zero attached hydrogens (tertiary/aromatic N) is 3. The molecule has 4 rings (SSSR count). The molecule has 2 amide bonds. The summed E-state index contributed by atoms with van der Waals surface area (Å²) in [6.07, 6.45) is 0.242. The quantitative estimate of drug-likeness (QED) is 0.643. The van der Waals surface area contributed by atoms with Crippen LogP contribution in [0.5, 0.6) is 0 Å². The molecule has 1 aliphatic rings. The van der Waals surface area contributed by atoms with E-state index in [-0.39, 0.29) is 18.2 Å². The first-order chi connectivity index (χ1) is 14.1. The predicted molar refractivity (Wildman–Crippen MR) is 118 cm³/mol. The summed E-state index contributed by atoms with van der Waals surface area (Å²) in [7, 11) is 0. The minimum absolute atomic E-state index is 0.0572. The number of thiazole rings is 1. The first kappa shape index (κ1) is 19.9. The van der Waals surface area contributed by atoms with Gasteiger partial charge in [0.05, 0.1) is 17.7 Å². The fraction of sp³-hybridized carbons (Fsp3) is 0.250. The Kier molecular flexibility index (Phi) is 6.13. The van der Waals surface area contributed by atoms with Gasteiger partial charge in [0, 0.05) is 47.6 Å². The molecule has 2 aromatic heterocycles. The second kappa shape index (κ2) is 8.94. The van der Waals surface area contributed by atoms with Gasteiger partial charge in [-0.3, -0.25) is 14.9 Å². The number of amides is 2. The van der Waals surface area contributed by atoms with Gasteiger partial charge in [-0.25, -0.2) is 4.98 Å². The van der Waals surface area contributed by atoms with Crippen LogP contribution >= 0.6 is 34.3 Å². The van der Waals surface area contributed by atoms with Crippen LogP contribution in [-0.4, -0.2) is 47.9 Å². The summed E-state index contributed by atoms with van der Waals surface area (Å²) in [4.78, 5) is 33.2. The van der Waals surface area contributed by atoms with Crippen LogP contribution in [0.3, 0.4) is 0 Å². The SMILES string of the molecule is O=C(Nc1nc(CC(=O)N2CCN(c3ccc(Cl)cc3)CC2)cs1)c1ccsc1. The molecule has 3 heterocycles. The Morgan fingerprint density at radius 3 is 2.52 bits per heavy atom. The third-order valence-electron chi connectivity index (χ3n) is 4.71. The van der Waals surface area contributed by atoms with Crippen LogP contribution in [0.25, 0.3) is 0 Å². The van der Waals surface area contributed by atoms with E-state index in [0.29, 0.717) is 29.5 Å². The van der Waals surface area contributed by atoms with E-state index in [1.807, 2.05) is 39.9 Å². The van der Waals surface area contributed by atoms with Crippen molar-refractivity contribution in [2.45, 2.75) is 6.42 Å². The maximum Gasteiger partial charge on any atom is 0.258 e. The van der Waals surface area contributed by atoms with Crippen LogP contribution < -0.4 is 10.2 Å². The Bertz CT molecular complexity index is 980. The maximum atomic E-state index is 12.6. The number of carbonyl (C=O) groups is 2. The molecule has 0 aliphatic carbocycles. The molecule has 1 aliphatic heterocycles. The van der Waals surface area contributed by atoms with Crippen LogP contribution in [0.1, 0.15) is 16.1 Å². The summed E-state index contributed by atoms with van der Waals surface area (Å²) in [5, 5.41) is 9.48. The summed E-state index contributed by atoms with van der Waals surface area (Å²) >= 11 is 8.75. The number of rotatable bonds is 5. The standard InChI is InChI=1S/C20H19ClN4O2S2/c21-15-1-3-17(4-2-15)24-6-8-25(9-7-24)18(26)11-16-13-29-20(22-16)23-19(27)14-5-10-28-12-14/h1-5,10,12-13H,6-9,11H2,(H,22,23,27). The second-order valence-electron chi connectivity index (χ2n) is 6.63. The Balaban J connectivity index is 1.28.